The van der Waals surface area contributed by atoms with Gasteiger partial charge in [0.2, 0.25) is 0 Å². The molecule has 52 heavy (non-hydrogen) atoms. The number of benzene rings is 2. The summed E-state index contributed by atoms with van der Waals surface area (Å²) in [6.07, 6.45) is 1.26. The number of likely N-dealkylation sites (tertiary alicyclic amines) is 1. The summed E-state index contributed by atoms with van der Waals surface area (Å²) in [6.45, 7) is 9.55. The number of amides is 3. The highest BCUT2D eigenvalue weighted by atomic mass is 19.1. The summed E-state index contributed by atoms with van der Waals surface area (Å²) in [6, 6.07) is 10.9. The molecule has 3 heterocycles. The Balaban J connectivity index is 1.60. The van der Waals surface area contributed by atoms with Crippen LogP contribution in [0.3, 0.4) is 0 Å². The molecule has 282 valence electrons. The molecule has 3 aromatic rings. The zero-order valence-corrected chi connectivity index (χ0v) is 30.4. The summed E-state index contributed by atoms with van der Waals surface area (Å²) < 4.78 is 48.0. The number of nitrogens with one attached hydrogen (secondary N) is 1. The third-order valence-corrected chi connectivity index (χ3v) is 9.18. The molecule has 2 saturated heterocycles. The molecule has 4 atom stereocenters. The minimum atomic E-state index is -0.974. The zero-order chi connectivity index (χ0) is 37.6. The largest absolute Gasteiger partial charge is 0.464 e. The SMILES string of the molecule is CC(=O)OC[C@@H](C)NC(=O)N(C[C@H]1CN(C(=O)OC(C)(C)C)C[C@@H]1O)[C@@H](c1nc(-c2cc(F)ccc2F)cn1Cc1ccccc1)C1CCOCC1. The van der Waals surface area contributed by atoms with E-state index >= 15 is 4.39 Å². The fourth-order valence-electron chi connectivity index (χ4n) is 6.70. The Labute approximate surface area is 303 Å². The van der Waals surface area contributed by atoms with Gasteiger partial charge in [-0.15, -0.1) is 0 Å². The van der Waals surface area contributed by atoms with Crippen molar-refractivity contribution in [3.8, 4) is 11.3 Å². The van der Waals surface area contributed by atoms with Crippen LogP contribution in [0.15, 0.2) is 54.7 Å². The van der Waals surface area contributed by atoms with Gasteiger partial charge in [0, 0.05) is 57.4 Å². The lowest BCUT2D eigenvalue weighted by atomic mass is 9.89. The fourth-order valence-corrected chi connectivity index (χ4v) is 6.70. The van der Waals surface area contributed by atoms with E-state index in [4.69, 9.17) is 19.2 Å². The molecular weight excluding hydrogens is 676 g/mol. The number of carbonyl (C=O) groups excluding carboxylic acids is 3. The molecule has 0 radical (unpaired) electrons. The molecule has 0 aliphatic carbocycles. The van der Waals surface area contributed by atoms with E-state index < -0.39 is 59.4 Å². The molecule has 0 saturated carbocycles. The average molecular weight is 726 g/mol. The molecule has 14 heteroatoms. The molecule has 2 aliphatic rings. The molecule has 2 aromatic carbocycles. The highest BCUT2D eigenvalue weighted by molar-refractivity contribution is 5.75. The van der Waals surface area contributed by atoms with Crippen molar-refractivity contribution in [2.45, 2.75) is 77.8 Å². The quantitative estimate of drug-likeness (QED) is 0.247. The highest BCUT2D eigenvalue weighted by Gasteiger charge is 2.43. The molecule has 0 spiro atoms. The molecule has 1 aromatic heterocycles. The van der Waals surface area contributed by atoms with Crippen LogP contribution in [0, 0.1) is 23.5 Å². The number of hydrogen-bond donors (Lipinski definition) is 2. The van der Waals surface area contributed by atoms with Crippen molar-refractivity contribution in [3.05, 3.63) is 77.8 Å². The molecule has 2 aliphatic heterocycles. The van der Waals surface area contributed by atoms with Crippen LogP contribution < -0.4 is 5.32 Å². The first kappa shape index (κ1) is 38.7. The Kier molecular flexibility index (Phi) is 12.5. The number of aliphatic hydroxyl groups excluding tert-OH is 1. The normalized spacial score (nSPS) is 19.2. The second kappa shape index (κ2) is 16.8. The van der Waals surface area contributed by atoms with Crippen LogP contribution >= 0.6 is 0 Å². The summed E-state index contributed by atoms with van der Waals surface area (Å²) in [4.78, 5) is 47.1. The van der Waals surface area contributed by atoms with E-state index in [1.165, 1.54) is 11.8 Å². The first-order valence-electron chi connectivity index (χ1n) is 17.7. The average Bonchev–Trinajstić information content (AvgIpc) is 3.67. The van der Waals surface area contributed by atoms with E-state index in [9.17, 15) is 23.9 Å². The van der Waals surface area contributed by atoms with E-state index in [0.717, 1.165) is 23.8 Å². The molecule has 0 bridgehead atoms. The van der Waals surface area contributed by atoms with Gasteiger partial charge in [-0.1, -0.05) is 30.3 Å². The van der Waals surface area contributed by atoms with Crippen molar-refractivity contribution in [1.82, 2.24) is 24.7 Å². The third kappa shape index (κ3) is 10.1. The number of nitrogens with zero attached hydrogens (tertiary/aromatic N) is 4. The van der Waals surface area contributed by atoms with Gasteiger partial charge in [-0.05, 0) is 70.2 Å². The number of halogens is 2. The lowest BCUT2D eigenvalue weighted by Crippen LogP contribution is -2.52. The summed E-state index contributed by atoms with van der Waals surface area (Å²) in [5, 5.41) is 14.3. The molecule has 2 N–H and O–H groups in total. The zero-order valence-electron chi connectivity index (χ0n) is 30.4. The summed E-state index contributed by atoms with van der Waals surface area (Å²) in [7, 11) is 0. The van der Waals surface area contributed by atoms with Gasteiger partial charge in [0.05, 0.1) is 30.4 Å². The Morgan fingerprint density at radius 2 is 1.81 bits per heavy atom. The van der Waals surface area contributed by atoms with Crippen molar-refractivity contribution < 1.29 is 42.5 Å². The summed E-state index contributed by atoms with van der Waals surface area (Å²) in [5.41, 5.74) is 0.348. The number of rotatable bonds is 11. The first-order chi connectivity index (χ1) is 24.7. The maximum atomic E-state index is 15.2. The smallest absolute Gasteiger partial charge is 0.410 e. The molecule has 2 fully saturated rings. The van der Waals surface area contributed by atoms with Crippen molar-refractivity contribution in [2.24, 2.45) is 11.8 Å². The number of carbonyl (C=O) groups is 3. The molecular formula is C38H49F2N5O7. The molecule has 12 nitrogen and oxygen atoms in total. The lowest BCUT2D eigenvalue weighted by molar-refractivity contribution is -0.141. The number of imidazole rings is 1. The Hall–Kier alpha value is -4.56. The number of ether oxygens (including phenoxy) is 3. The second-order valence-electron chi connectivity index (χ2n) is 14.6. The predicted octanol–water partition coefficient (Wildman–Crippen LogP) is 5.54. The number of aromatic nitrogens is 2. The fraction of sp³-hybridized carbons (Fsp3) is 0.526. The van der Waals surface area contributed by atoms with Crippen LogP contribution in [0.4, 0.5) is 18.4 Å². The van der Waals surface area contributed by atoms with Gasteiger partial charge >= 0.3 is 18.1 Å². The van der Waals surface area contributed by atoms with Gasteiger partial charge in [0.15, 0.2) is 0 Å². The van der Waals surface area contributed by atoms with Gasteiger partial charge in [0.25, 0.3) is 0 Å². The van der Waals surface area contributed by atoms with E-state index in [-0.39, 0.29) is 43.4 Å². The van der Waals surface area contributed by atoms with Crippen molar-refractivity contribution in [1.29, 1.82) is 0 Å². The van der Waals surface area contributed by atoms with Crippen LogP contribution in [-0.4, -0.2) is 99.8 Å². The van der Waals surface area contributed by atoms with Crippen LogP contribution in [0.1, 0.15) is 64.9 Å². The van der Waals surface area contributed by atoms with Crippen molar-refractivity contribution >= 4 is 18.1 Å². The molecule has 0 unspecified atom stereocenters. The van der Waals surface area contributed by atoms with Gasteiger partial charge in [-0.3, -0.25) is 4.79 Å². The topological polar surface area (TPSA) is 135 Å². The van der Waals surface area contributed by atoms with E-state index in [2.05, 4.69) is 5.32 Å². The van der Waals surface area contributed by atoms with Crippen LogP contribution in [0.25, 0.3) is 11.3 Å². The summed E-state index contributed by atoms with van der Waals surface area (Å²) in [5.74, 6) is -2.08. The summed E-state index contributed by atoms with van der Waals surface area (Å²) >= 11 is 0. The van der Waals surface area contributed by atoms with Gasteiger partial charge in [-0.2, -0.15) is 0 Å². The maximum Gasteiger partial charge on any atom is 0.410 e. The minimum Gasteiger partial charge on any atom is -0.464 e. The van der Waals surface area contributed by atoms with E-state index in [1.807, 2.05) is 34.9 Å². The van der Waals surface area contributed by atoms with Crippen LogP contribution in [-0.2, 0) is 25.5 Å². The molecule has 3 amide bonds. The van der Waals surface area contributed by atoms with Crippen LogP contribution in [0.5, 0.6) is 0 Å². The molecule has 5 rings (SSSR count). The van der Waals surface area contributed by atoms with Crippen molar-refractivity contribution in [3.63, 3.8) is 0 Å². The number of urea groups is 1. The Bertz CT molecular complexity index is 1690. The predicted molar refractivity (Wildman–Crippen MR) is 188 cm³/mol. The number of hydrogen-bond acceptors (Lipinski definition) is 8. The second-order valence-corrected chi connectivity index (χ2v) is 14.6. The number of β-amino-alcohol motifs (C(OH)–C–C–N with tert-alkyl or cyclic N) is 1. The first-order valence-corrected chi connectivity index (χ1v) is 17.7. The van der Waals surface area contributed by atoms with E-state index in [1.54, 1.807) is 38.8 Å². The van der Waals surface area contributed by atoms with Gasteiger partial charge in [-0.25, -0.2) is 23.4 Å². The number of aliphatic hydroxyl groups is 1. The Morgan fingerprint density at radius 3 is 2.48 bits per heavy atom. The van der Waals surface area contributed by atoms with Crippen molar-refractivity contribution in [2.75, 3.05) is 39.5 Å². The standard InChI is InChI=1S/C38H49F2N5O7/c1-24(23-51-25(2)46)41-36(48)45(20-28-19-44(22-33(28)47)37(49)52-38(3,4)5)34(27-13-15-50-16-14-27)35-42-32(30-17-29(39)11-12-31(30)40)21-43(35)18-26-9-7-6-8-10-26/h6-12,17,21,24,27-28,33-34,47H,13-16,18-20,22-23H2,1-5H3,(H,41,48)/t24-,28-,33+,34-/m1/s1. The maximum absolute atomic E-state index is 15.2. The lowest BCUT2D eigenvalue weighted by Gasteiger charge is -2.40. The monoisotopic (exact) mass is 725 g/mol. The highest BCUT2D eigenvalue weighted by Crippen LogP contribution is 2.38. The van der Waals surface area contributed by atoms with Crippen LogP contribution in [0.2, 0.25) is 0 Å². The van der Waals surface area contributed by atoms with Gasteiger partial charge in [0.1, 0.15) is 29.7 Å². The van der Waals surface area contributed by atoms with Gasteiger partial charge < -0.3 is 39.0 Å². The minimum absolute atomic E-state index is 0.0104. The Morgan fingerprint density at radius 1 is 1.10 bits per heavy atom. The van der Waals surface area contributed by atoms with E-state index in [0.29, 0.717) is 38.4 Å². The number of esters is 1. The third-order valence-electron chi connectivity index (χ3n) is 9.18.